The summed E-state index contributed by atoms with van der Waals surface area (Å²) >= 11 is 0. The van der Waals surface area contributed by atoms with Crippen molar-refractivity contribution in [3.63, 3.8) is 0 Å². The maximum atomic E-state index is 9.00. The molecule has 0 aliphatic carbocycles. The Morgan fingerprint density at radius 2 is 1.00 bits per heavy atom. The minimum Gasteiger partial charge on any atom is -0.481 e. The zero-order chi connectivity index (χ0) is 7.15. The lowest BCUT2D eigenvalue weighted by molar-refractivity contribution is -0.135. The van der Waals surface area contributed by atoms with Gasteiger partial charge in [0.2, 0.25) is 0 Å². The number of rotatable bonds is 0. The number of aliphatic carboxylic acids is 2. The van der Waals surface area contributed by atoms with Crippen molar-refractivity contribution in [1.29, 1.82) is 0 Å². The first-order chi connectivity index (χ1) is 3.46. The molecule has 0 amide bonds. The Morgan fingerprint density at radius 1 is 1.00 bits per heavy atom. The molecular weight excluding hydrogens is 147 g/mol. The predicted octanol–water partition coefficient (Wildman–Crippen LogP) is 0.604. The van der Waals surface area contributed by atoms with E-state index in [1.807, 2.05) is 0 Å². The molecular formula is C4H9ClO4. The lowest BCUT2D eigenvalue weighted by Crippen LogP contribution is -1.78. The number of halogens is 1. The van der Waals surface area contributed by atoms with Crippen molar-refractivity contribution in [1.82, 2.24) is 0 Å². The number of carboxylic acid groups (broad SMARTS) is 2. The van der Waals surface area contributed by atoms with Crippen molar-refractivity contribution in [3.8, 4) is 0 Å². The molecule has 0 aromatic carbocycles. The van der Waals surface area contributed by atoms with E-state index in [-0.39, 0.29) is 12.4 Å². The van der Waals surface area contributed by atoms with E-state index in [4.69, 9.17) is 19.8 Å². The zero-order valence-corrected chi connectivity index (χ0v) is 5.94. The molecule has 0 aliphatic heterocycles. The highest BCUT2D eigenvalue weighted by molar-refractivity contribution is 5.85. The fourth-order valence-electron chi connectivity index (χ4n) is 0. The van der Waals surface area contributed by atoms with Crippen LogP contribution < -0.4 is 0 Å². The molecule has 0 fully saturated rings. The van der Waals surface area contributed by atoms with Gasteiger partial charge in [-0.15, -0.1) is 12.4 Å². The summed E-state index contributed by atoms with van der Waals surface area (Å²) < 4.78 is 0. The van der Waals surface area contributed by atoms with E-state index in [2.05, 4.69) is 0 Å². The predicted molar refractivity (Wildman–Crippen MR) is 33.9 cm³/mol. The van der Waals surface area contributed by atoms with Gasteiger partial charge in [0.1, 0.15) is 0 Å². The van der Waals surface area contributed by atoms with Crippen LogP contribution in [0.1, 0.15) is 13.8 Å². The van der Waals surface area contributed by atoms with Crippen LogP contribution in [-0.2, 0) is 9.59 Å². The van der Waals surface area contributed by atoms with Gasteiger partial charge in [0.15, 0.2) is 0 Å². The normalized spacial score (nSPS) is 5.56. The second-order valence-electron chi connectivity index (χ2n) is 1.04. The van der Waals surface area contributed by atoms with Crippen molar-refractivity contribution in [2.45, 2.75) is 13.8 Å². The zero-order valence-electron chi connectivity index (χ0n) is 5.12. The molecule has 0 aromatic heterocycles. The van der Waals surface area contributed by atoms with Crippen LogP contribution in [0.2, 0.25) is 0 Å². The van der Waals surface area contributed by atoms with Gasteiger partial charge in [-0.05, 0) is 0 Å². The summed E-state index contributed by atoms with van der Waals surface area (Å²) in [7, 11) is 0. The van der Waals surface area contributed by atoms with Crippen LogP contribution in [0, 0.1) is 0 Å². The van der Waals surface area contributed by atoms with Gasteiger partial charge in [-0.1, -0.05) is 0 Å². The SMILES string of the molecule is CC(=O)O.CC(=O)O.Cl. The van der Waals surface area contributed by atoms with Gasteiger partial charge in [-0.25, -0.2) is 0 Å². The van der Waals surface area contributed by atoms with Crippen LogP contribution in [0.5, 0.6) is 0 Å². The van der Waals surface area contributed by atoms with Crippen molar-refractivity contribution < 1.29 is 19.8 Å². The molecule has 0 aromatic rings. The third kappa shape index (κ3) is 334. The highest BCUT2D eigenvalue weighted by Crippen LogP contribution is 1.42. The van der Waals surface area contributed by atoms with Crippen LogP contribution in [-0.4, -0.2) is 22.2 Å². The van der Waals surface area contributed by atoms with Crippen molar-refractivity contribution in [3.05, 3.63) is 0 Å². The summed E-state index contributed by atoms with van der Waals surface area (Å²) in [6, 6.07) is 0. The molecule has 0 bridgehead atoms. The lowest BCUT2D eigenvalue weighted by Gasteiger charge is -1.59. The number of carboxylic acids is 2. The Morgan fingerprint density at radius 3 is 1.00 bits per heavy atom. The Hall–Kier alpha value is -0.770. The Kier molecular flexibility index (Phi) is 17.9. The molecule has 0 saturated carbocycles. The molecule has 9 heavy (non-hydrogen) atoms. The largest absolute Gasteiger partial charge is 0.481 e. The summed E-state index contributed by atoms with van der Waals surface area (Å²) in [5.74, 6) is -1.67. The minimum absolute atomic E-state index is 0. The molecule has 0 heterocycles. The van der Waals surface area contributed by atoms with Gasteiger partial charge >= 0.3 is 0 Å². The fraction of sp³-hybridized carbons (Fsp3) is 0.500. The fourth-order valence-corrected chi connectivity index (χ4v) is 0. The first kappa shape index (κ1) is 15.7. The maximum absolute atomic E-state index is 9.00. The van der Waals surface area contributed by atoms with Crippen LogP contribution in [0.3, 0.4) is 0 Å². The van der Waals surface area contributed by atoms with Gasteiger partial charge in [0, 0.05) is 13.8 Å². The first-order valence-corrected chi connectivity index (χ1v) is 1.86. The standard InChI is InChI=1S/2C2H4O2.ClH/c2*1-2(3)4;/h2*1H3,(H,3,4);1H. The highest BCUT2D eigenvalue weighted by Gasteiger charge is 1.65. The number of carbonyl (C=O) groups is 2. The molecule has 5 heteroatoms. The molecule has 2 N–H and O–H groups in total. The summed E-state index contributed by atoms with van der Waals surface area (Å²) in [6.45, 7) is 2.17. The maximum Gasteiger partial charge on any atom is 0.300 e. The molecule has 4 nitrogen and oxygen atoms in total. The molecule has 0 atom stereocenters. The Labute approximate surface area is 58.9 Å². The minimum atomic E-state index is -0.833. The van der Waals surface area contributed by atoms with Gasteiger partial charge in [-0.3, -0.25) is 9.59 Å². The molecule has 56 valence electrons. The molecule has 0 radical (unpaired) electrons. The van der Waals surface area contributed by atoms with Crippen LogP contribution in [0.15, 0.2) is 0 Å². The molecule has 0 aliphatic rings. The van der Waals surface area contributed by atoms with E-state index in [1.165, 1.54) is 0 Å². The number of hydrogen-bond donors (Lipinski definition) is 2. The summed E-state index contributed by atoms with van der Waals surface area (Å²) in [5, 5.41) is 14.8. The lowest BCUT2D eigenvalue weighted by atomic mass is 10.9. The van der Waals surface area contributed by atoms with E-state index in [0.717, 1.165) is 13.8 Å². The van der Waals surface area contributed by atoms with Crippen LogP contribution >= 0.6 is 12.4 Å². The van der Waals surface area contributed by atoms with E-state index in [9.17, 15) is 0 Å². The van der Waals surface area contributed by atoms with Crippen LogP contribution in [0.4, 0.5) is 0 Å². The average molecular weight is 157 g/mol. The highest BCUT2D eigenvalue weighted by atomic mass is 35.5. The average Bonchev–Trinajstić information content (AvgIpc) is 1.25. The third-order valence-electron chi connectivity index (χ3n) is 0. The molecule has 0 unspecified atom stereocenters. The second kappa shape index (κ2) is 10.3. The first-order valence-electron chi connectivity index (χ1n) is 1.86. The van der Waals surface area contributed by atoms with Gasteiger partial charge < -0.3 is 10.2 Å². The summed E-state index contributed by atoms with van der Waals surface area (Å²) in [4.78, 5) is 18.0. The van der Waals surface area contributed by atoms with E-state index in [0.29, 0.717) is 0 Å². The third-order valence-corrected chi connectivity index (χ3v) is 0. The van der Waals surface area contributed by atoms with Gasteiger partial charge in [-0.2, -0.15) is 0 Å². The smallest absolute Gasteiger partial charge is 0.300 e. The quantitative estimate of drug-likeness (QED) is 0.539. The van der Waals surface area contributed by atoms with E-state index < -0.39 is 11.9 Å². The number of hydrogen-bond acceptors (Lipinski definition) is 2. The van der Waals surface area contributed by atoms with Gasteiger partial charge in [0.05, 0.1) is 0 Å². The monoisotopic (exact) mass is 156 g/mol. The molecule has 0 rings (SSSR count). The van der Waals surface area contributed by atoms with Crippen LogP contribution in [0.25, 0.3) is 0 Å². The topological polar surface area (TPSA) is 74.6 Å². The molecule has 0 spiro atoms. The summed E-state index contributed by atoms with van der Waals surface area (Å²) in [6.07, 6.45) is 0. The van der Waals surface area contributed by atoms with Crippen molar-refractivity contribution in [2.24, 2.45) is 0 Å². The Bertz CT molecular complexity index is 70.6. The summed E-state index contributed by atoms with van der Waals surface area (Å²) in [5.41, 5.74) is 0. The Balaban J connectivity index is -0.0000000720. The molecule has 0 saturated heterocycles. The van der Waals surface area contributed by atoms with Gasteiger partial charge in [0.25, 0.3) is 11.9 Å². The van der Waals surface area contributed by atoms with Crippen molar-refractivity contribution >= 4 is 24.3 Å². The van der Waals surface area contributed by atoms with E-state index >= 15 is 0 Å². The van der Waals surface area contributed by atoms with Crippen molar-refractivity contribution in [2.75, 3.05) is 0 Å². The van der Waals surface area contributed by atoms with E-state index in [1.54, 1.807) is 0 Å². The second-order valence-corrected chi connectivity index (χ2v) is 1.04.